The maximum Gasteiger partial charge on any atom is 0.411 e. The van der Waals surface area contributed by atoms with Gasteiger partial charge in [0.1, 0.15) is 0 Å². The minimum atomic E-state index is -2.71. The number of amides is 1. The Hall–Kier alpha value is -1.51. The molecule has 0 heterocycles. The van der Waals surface area contributed by atoms with Crippen molar-refractivity contribution in [2.24, 2.45) is 0 Å². The zero-order valence-electron chi connectivity index (χ0n) is 9.63. The Balaban J connectivity index is 2.55. The molecule has 1 N–H and O–H groups in total. The molecule has 0 saturated carbocycles. The van der Waals surface area contributed by atoms with Gasteiger partial charge in [0.15, 0.2) is 0 Å². The maximum absolute atomic E-state index is 11.0. The molecule has 0 bridgehead atoms. The van der Waals surface area contributed by atoms with E-state index in [1.165, 1.54) is 0 Å². The number of nitrogens with one attached hydrogen (secondary N) is 1. The number of hydrogen-bond donors (Lipinski definition) is 1. The minimum Gasteiger partial charge on any atom is -0.453 e. The topological polar surface area (TPSA) is 38.3 Å². The zero-order chi connectivity index (χ0) is 11.5. The fourth-order valence-electron chi connectivity index (χ4n) is 0.780. The van der Waals surface area contributed by atoms with Gasteiger partial charge in [0, 0.05) is 5.69 Å². The number of ether oxygens (including phenoxy) is 1. The number of aryl methyl sites for hydroxylation is 1. The summed E-state index contributed by atoms with van der Waals surface area (Å²) in [5.74, 6) is 0. The van der Waals surface area contributed by atoms with Gasteiger partial charge >= 0.3 is 6.09 Å². The number of carbonyl (C=O) groups is 1. The van der Waals surface area contributed by atoms with Crippen LogP contribution in [0.4, 0.5) is 10.5 Å². The molecule has 1 aromatic rings. The lowest BCUT2D eigenvalue weighted by molar-refractivity contribution is 0.187. The van der Waals surface area contributed by atoms with Crippen molar-refractivity contribution in [3.63, 3.8) is 0 Å². The van der Waals surface area contributed by atoms with Gasteiger partial charge in [0.05, 0.1) is 11.2 Å². The van der Waals surface area contributed by atoms with Crippen molar-refractivity contribution in [2.45, 2.75) is 6.92 Å². The summed E-state index contributed by atoms with van der Waals surface area (Å²) < 4.78 is 24.3. The van der Waals surface area contributed by atoms with Crippen molar-refractivity contribution in [3.8, 4) is 0 Å². The number of methoxy groups -OCH3 is 1. The van der Waals surface area contributed by atoms with Crippen LogP contribution in [0.25, 0.3) is 0 Å². The van der Waals surface area contributed by atoms with Crippen LogP contribution in [0.5, 0.6) is 0 Å². The monoisotopic (exact) mass is 168 g/mol. The zero-order valence-corrected chi connectivity index (χ0v) is 6.63. The lowest BCUT2D eigenvalue weighted by Crippen LogP contribution is -2.10. The molecule has 3 heteroatoms. The second kappa shape index (κ2) is 3.76. The fraction of sp³-hybridized carbons (Fsp3) is 0.222. The normalized spacial score (nSPS) is 13.9. The molecule has 0 fully saturated rings. The van der Waals surface area contributed by atoms with Gasteiger partial charge in [0.25, 0.3) is 0 Å². The molecule has 0 aliphatic carbocycles. The first kappa shape index (κ1) is 5.19. The molecule has 1 rings (SSSR count). The van der Waals surface area contributed by atoms with Gasteiger partial charge in [-0.25, -0.2) is 4.79 Å². The molecule has 0 aliphatic rings. The van der Waals surface area contributed by atoms with Crippen molar-refractivity contribution in [3.05, 3.63) is 29.8 Å². The van der Waals surface area contributed by atoms with Gasteiger partial charge in [-0.05, 0) is 19.1 Å². The fourth-order valence-corrected chi connectivity index (χ4v) is 0.780. The summed E-state index contributed by atoms with van der Waals surface area (Å²) >= 11 is 0. The van der Waals surface area contributed by atoms with Gasteiger partial charge in [-0.1, -0.05) is 17.7 Å². The van der Waals surface area contributed by atoms with Crippen LogP contribution >= 0.6 is 0 Å². The summed E-state index contributed by atoms with van der Waals surface area (Å²) in [7, 11) is -2.71. The average molecular weight is 168 g/mol. The van der Waals surface area contributed by atoms with E-state index in [1.807, 2.05) is 6.92 Å². The van der Waals surface area contributed by atoms with E-state index in [1.54, 1.807) is 24.3 Å². The number of carbonyl (C=O) groups excluding carboxylic acids is 1. The van der Waals surface area contributed by atoms with Crippen LogP contribution in [0.2, 0.25) is 0 Å². The lowest BCUT2D eigenvalue weighted by atomic mass is 10.2. The standard InChI is InChI=1S/C9H11NO2/c1-7-3-5-8(6-4-7)10-9(11)12-2/h3-6H,1-2H3,(H,10,11)/i2D3. The van der Waals surface area contributed by atoms with E-state index in [0.717, 1.165) is 5.56 Å². The summed E-state index contributed by atoms with van der Waals surface area (Å²) in [6.45, 7) is 1.91. The Kier molecular flexibility index (Phi) is 1.63. The molecule has 0 spiro atoms. The Morgan fingerprint density at radius 1 is 1.50 bits per heavy atom. The van der Waals surface area contributed by atoms with Crippen molar-refractivity contribution < 1.29 is 13.6 Å². The van der Waals surface area contributed by atoms with Crippen LogP contribution in [0, 0.1) is 6.92 Å². The highest BCUT2D eigenvalue weighted by molar-refractivity contribution is 5.84. The van der Waals surface area contributed by atoms with Gasteiger partial charge in [0.2, 0.25) is 0 Å². The first-order valence-corrected chi connectivity index (χ1v) is 3.43. The molecular weight excluding hydrogens is 154 g/mol. The highest BCUT2D eigenvalue weighted by Crippen LogP contribution is 2.08. The molecular formula is C9H11NO2. The summed E-state index contributed by atoms with van der Waals surface area (Å²) in [5, 5.41) is 2.30. The largest absolute Gasteiger partial charge is 0.453 e. The van der Waals surface area contributed by atoms with E-state index in [4.69, 9.17) is 4.11 Å². The van der Waals surface area contributed by atoms with Crippen LogP contribution < -0.4 is 5.32 Å². The van der Waals surface area contributed by atoms with E-state index < -0.39 is 13.1 Å². The molecule has 0 aromatic heterocycles. The van der Waals surface area contributed by atoms with Crippen molar-refractivity contribution in [1.82, 2.24) is 0 Å². The quantitative estimate of drug-likeness (QED) is 0.697. The van der Waals surface area contributed by atoms with Crippen LogP contribution in [-0.2, 0) is 4.74 Å². The second-order valence-electron chi connectivity index (χ2n) is 2.38. The van der Waals surface area contributed by atoms with Gasteiger partial charge in [-0.15, -0.1) is 0 Å². The van der Waals surface area contributed by atoms with Crippen LogP contribution in [0.3, 0.4) is 0 Å². The first-order valence-electron chi connectivity index (χ1n) is 4.93. The Bertz CT molecular complexity index is 345. The highest BCUT2D eigenvalue weighted by atomic mass is 16.5. The maximum atomic E-state index is 11.0. The van der Waals surface area contributed by atoms with E-state index in [9.17, 15) is 4.79 Å². The third-order valence-corrected chi connectivity index (χ3v) is 1.39. The molecule has 0 unspecified atom stereocenters. The minimum absolute atomic E-state index is 0.495. The SMILES string of the molecule is [2H]C([2H])([2H])OC(=O)Nc1ccc(C)cc1. The van der Waals surface area contributed by atoms with E-state index in [-0.39, 0.29) is 0 Å². The first-order chi connectivity index (χ1) is 6.87. The number of hydrogen-bond acceptors (Lipinski definition) is 2. The third kappa shape index (κ3) is 2.27. The van der Waals surface area contributed by atoms with E-state index >= 15 is 0 Å². The molecule has 12 heavy (non-hydrogen) atoms. The van der Waals surface area contributed by atoms with Crippen LogP contribution in [0.1, 0.15) is 9.68 Å². The van der Waals surface area contributed by atoms with Crippen LogP contribution in [0.15, 0.2) is 24.3 Å². The van der Waals surface area contributed by atoms with E-state index in [0.29, 0.717) is 5.69 Å². The number of rotatable bonds is 1. The average Bonchev–Trinajstić information content (AvgIpc) is 2.05. The molecule has 1 aromatic carbocycles. The Morgan fingerprint density at radius 2 is 2.17 bits per heavy atom. The smallest absolute Gasteiger partial charge is 0.411 e. The molecule has 0 aliphatic heterocycles. The summed E-state index contributed by atoms with van der Waals surface area (Å²) in [4.78, 5) is 11.0. The summed E-state index contributed by atoms with van der Waals surface area (Å²) in [5.41, 5.74) is 1.54. The third-order valence-electron chi connectivity index (χ3n) is 1.39. The highest BCUT2D eigenvalue weighted by Gasteiger charge is 1.97. The molecule has 0 atom stereocenters. The summed E-state index contributed by atoms with van der Waals surface area (Å²) in [6.07, 6.45) is -0.987. The predicted molar refractivity (Wildman–Crippen MR) is 47.2 cm³/mol. The Labute approximate surface area is 75.6 Å². The summed E-state index contributed by atoms with van der Waals surface area (Å²) in [6, 6.07) is 6.92. The second-order valence-corrected chi connectivity index (χ2v) is 2.38. The number of anilines is 1. The van der Waals surface area contributed by atoms with Gasteiger partial charge < -0.3 is 4.74 Å². The molecule has 0 saturated heterocycles. The number of benzene rings is 1. The van der Waals surface area contributed by atoms with Crippen molar-refractivity contribution in [2.75, 3.05) is 12.4 Å². The lowest BCUT2D eigenvalue weighted by Gasteiger charge is -2.02. The van der Waals surface area contributed by atoms with Crippen LogP contribution in [-0.4, -0.2) is 13.1 Å². The van der Waals surface area contributed by atoms with Crippen molar-refractivity contribution in [1.29, 1.82) is 0 Å². The van der Waals surface area contributed by atoms with Gasteiger partial charge in [-0.2, -0.15) is 0 Å². The van der Waals surface area contributed by atoms with Gasteiger partial charge in [-0.3, -0.25) is 5.32 Å². The molecule has 64 valence electrons. The molecule has 3 nitrogen and oxygen atoms in total. The predicted octanol–water partition coefficient (Wildman–Crippen LogP) is 2.17. The molecule has 0 radical (unpaired) electrons. The molecule has 1 amide bonds. The van der Waals surface area contributed by atoms with E-state index in [2.05, 4.69) is 10.1 Å². The van der Waals surface area contributed by atoms with Crippen molar-refractivity contribution >= 4 is 11.8 Å². The Morgan fingerprint density at radius 3 is 2.75 bits per heavy atom.